The molecular formula is C15H11ClO4. The molecule has 2 aromatic rings. The van der Waals surface area contributed by atoms with Gasteiger partial charge in [0.1, 0.15) is 17.2 Å². The summed E-state index contributed by atoms with van der Waals surface area (Å²) in [5.41, 5.74) is 0.494. The van der Waals surface area contributed by atoms with Crippen molar-refractivity contribution >= 4 is 23.5 Å². The molecule has 0 fully saturated rings. The summed E-state index contributed by atoms with van der Waals surface area (Å²) < 4.78 is 0. The molecule has 0 radical (unpaired) electrons. The topological polar surface area (TPSA) is 77.8 Å². The molecule has 0 atom stereocenters. The highest BCUT2D eigenvalue weighted by Gasteiger charge is 2.09. The Hall–Kier alpha value is -2.46. The third-order valence-corrected chi connectivity index (χ3v) is 2.89. The summed E-state index contributed by atoms with van der Waals surface area (Å²) in [7, 11) is 0. The van der Waals surface area contributed by atoms with E-state index in [4.69, 9.17) is 16.7 Å². The first-order valence-electron chi connectivity index (χ1n) is 5.70. The number of carbonyl (C=O) groups excluding carboxylic acids is 1. The Bertz CT molecular complexity index is 692. The number of phenolic OH excluding ortho intramolecular Hbond substituents is 3. The maximum atomic E-state index is 11.9. The number of allylic oxidation sites excluding steroid dienone is 1. The number of hydrogen-bond acceptors (Lipinski definition) is 4. The van der Waals surface area contributed by atoms with Gasteiger partial charge >= 0.3 is 0 Å². The van der Waals surface area contributed by atoms with Crippen LogP contribution in [0.3, 0.4) is 0 Å². The first-order valence-corrected chi connectivity index (χ1v) is 6.08. The van der Waals surface area contributed by atoms with E-state index in [-0.39, 0.29) is 22.8 Å². The molecule has 0 bridgehead atoms. The van der Waals surface area contributed by atoms with E-state index in [0.717, 1.165) is 6.07 Å². The predicted octanol–water partition coefficient (Wildman–Crippen LogP) is 3.35. The van der Waals surface area contributed by atoms with Crippen LogP contribution in [0.2, 0.25) is 5.02 Å². The monoisotopic (exact) mass is 290 g/mol. The molecule has 0 aliphatic carbocycles. The van der Waals surface area contributed by atoms with E-state index in [1.807, 2.05) is 0 Å². The van der Waals surface area contributed by atoms with Gasteiger partial charge in [0.05, 0.1) is 5.56 Å². The van der Waals surface area contributed by atoms with Crippen LogP contribution in [-0.4, -0.2) is 21.1 Å². The second kappa shape index (κ2) is 5.67. The van der Waals surface area contributed by atoms with Gasteiger partial charge in [0.25, 0.3) is 0 Å². The smallest absolute Gasteiger partial charge is 0.189 e. The molecule has 102 valence electrons. The number of hydrogen-bond donors (Lipinski definition) is 3. The molecular weight excluding hydrogens is 280 g/mol. The van der Waals surface area contributed by atoms with Gasteiger partial charge < -0.3 is 15.3 Å². The van der Waals surface area contributed by atoms with E-state index >= 15 is 0 Å². The van der Waals surface area contributed by atoms with Gasteiger partial charge in [0, 0.05) is 16.7 Å². The standard InChI is InChI=1S/C15H11ClO4/c16-10-3-1-9(14(19)7-10)2-6-13(18)12-5-4-11(17)8-15(12)20/h1-8,17,19-20H/b6-2+. The molecule has 2 aromatic carbocycles. The van der Waals surface area contributed by atoms with Crippen molar-refractivity contribution < 1.29 is 20.1 Å². The number of rotatable bonds is 3. The predicted molar refractivity (Wildman–Crippen MR) is 76.3 cm³/mol. The summed E-state index contributed by atoms with van der Waals surface area (Å²) in [6.07, 6.45) is 2.63. The minimum atomic E-state index is -0.447. The number of benzene rings is 2. The second-order valence-electron chi connectivity index (χ2n) is 4.10. The van der Waals surface area contributed by atoms with E-state index in [1.165, 1.54) is 30.4 Å². The molecule has 0 amide bonds. The van der Waals surface area contributed by atoms with Gasteiger partial charge in [0.15, 0.2) is 5.78 Å². The van der Waals surface area contributed by atoms with E-state index in [2.05, 4.69) is 0 Å². The summed E-state index contributed by atoms with van der Waals surface area (Å²) in [5.74, 6) is -0.924. The summed E-state index contributed by atoms with van der Waals surface area (Å²) >= 11 is 5.70. The minimum absolute atomic E-state index is 0.0449. The molecule has 0 unspecified atom stereocenters. The lowest BCUT2D eigenvalue weighted by Gasteiger charge is -2.02. The number of aromatic hydroxyl groups is 3. The molecule has 0 aliphatic rings. The third-order valence-electron chi connectivity index (χ3n) is 2.65. The van der Waals surface area contributed by atoms with Crippen molar-refractivity contribution in [2.24, 2.45) is 0 Å². The van der Waals surface area contributed by atoms with Gasteiger partial charge in [-0.25, -0.2) is 0 Å². The third kappa shape index (κ3) is 3.10. The molecule has 0 aromatic heterocycles. The van der Waals surface area contributed by atoms with Gasteiger partial charge in [-0.3, -0.25) is 4.79 Å². The Morgan fingerprint density at radius 1 is 1.00 bits per heavy atom. The van der Waals surface area contributed by atoms with Crippen LogP contribution in [0.4, 0.5) is 0 Å². The van der Waals surface area contributed by atoms with Crippen molar-refractivity contribution in [2.75, 3.05) is 0 Å². The second-order valence-corrected chi connectivity index (χ2v) is 4.54. The molecule has 0 heterocycles. The molecule has 5 heteroatoms. The van der Waals surface area contributed by atoms with Crippen LogP contribution >= 0.6 is 11.6 Å². The van der Waals surface area contributed by atoms with Crippen LogP contribution in [0, 0.1) is 0 Å². The van der Waals surface area contributed by atoms with Crippen LogP contribution < -0.4 is 0 Å². The maximum absolute atomic E-state index is 11.9. The van der Waals surface area contributed by atoms with Crippen LogP contribution in [0.5, 0.6) is 17.2 Å². The Morgan fingerprint density at radius 3 is 2.40 bits per heavy atom. The number of halogens is 1. The highest BCUT2D eigenvalue weighted by molar-refractivity contribution is 6.30. The average Bonchev–Trinajstić information content (AvgIpc) is 2.37. The summed E-state index contributed by atoms with van der Waals surface area (Å²) in [6, 6.07) is 8.23. The van der Waals surface area contributed by atoms with Crippen LogP contribution in [-0.2, 0) is 0 Å². The van der Waals surface area contributed by atoms with Crippen molar-refractivity contribution in [3.05, 3.63) is 58.6 Å². The highest BCUT2D eigenvalue weighted by atomic mass is 35.5. The fraction of sp³-hybridized carbons (Fsp3) is 0. The zero-order chi connectivity index (χ0) is 14.7. The molecule has 0 saturated carbocycles. The van der Waals surface area contributed by atoms with E-state index in [9.17, 15) is 15.0 Å². The van der Waals surface area contributed by atoms with E-state index in [0.29, 0.717) is 10.6 Å². The molecule has 3 N–H and O–H groups in total. The average molecular weight is 291 g/mol. The van der Waals surface area contributed by atoms with Gasteiger partial charge in [-0.05, 0) is 42.5 Å². The van der Waals surface area contributed by atoms with Gasteiger partial charge in [-0.15, -0.1) is 0 Å². The van der Waals surface area contributed by atoms with Crippen molar-refractivity contribution in [1.82, 2.24) is 0 Å². The largest absolute Gasteiger partial charge is 0.508 e. The van der Waals surface area contributed by atoms with E-state index in [1.54, 1.807) is 12.1 Å². The first kappa shape index (κ1) is 14.0. The molecule has 4 nitrogen and oxygen atoms in total. The zero-order valence-corrected chi connectivity index (χ0v) is 11.0. The molecule has 2 rings (SSSR count). The normalized spacial score (nSPS) is 10.8. The highest BCUT2D eigenvalue weighted by Crippen LogP contribution is 2.25. The lowest BCUT2D eigenvalue weighted by Crippen LogP contribution is -1.94. The Morgan fingerprint density at radius 2 is 1.75 bits per heavy atom. The van der Waals surface area contributed by atoms with Crippen molar-refractivity contribution in [3.63, 3.8) is 0 Å². The number of carbonyl (C=O) groups is 1. The number of phenols is 3. The first-order chi connectivity index (χ1) is 9.47. The summed E-state index contributed by atoms with van der Waals surface area (Å²) in [6.45, 7) is 0. The SMILES string of the molecule is O=C(/C=C/c1ccc(Cl)cc1O)c1ccc(O)cc1O. The Labute approximate surface area is 120 Å². The summed E-state index contributed by atoms with van der Waals surface area (Å²) in [5, 5.41) is 28.8. The molecule has 20 heavy (non-hydrogen) atoms. The molecule has 0 saturated heterocycles. The quantitative estimate of drug-likeness (QED) is 0.598. The number of ketones is 1. The zero-order valence-electron chi connectivity index (χ0n) is 10.2. The van der Waals surface area contributed by atoms with Crippen molar-refractivity contribution in [2.45, 2.75) is 0 Å². The van der Waals surface area contributed by atoms with E-state index < -0.39 is 5.78 Å². The lowest BCUT2D eigenvalue weighted by atomic mass is 10.1. The lowest BCUT2D eigenvalue weighted by molar-refractivity contribution is 0.104. The van der Waals surface area contributed by atoms with Gasteiger partial charge in [0.2, 0.25) is 0 Å². The van der Waals surface area contributed by atoms with Crippen molar-refractivity contribution in [1.29, 1.82) is 0 Å². The van der Waals surface area contributed by atoms with Crippen LogP contribution in [0.15, 0.2) is 42.5 Å². The van der Waals surface area contributed by atoms with Crippen LogP contribution in [0.25, 0.3) is 6.08 Å². The Kier molecular flexibility index (Phi) is 3.96. The van der Waals surface area contributed by atoms with Gasteiger partial charge in [-0.2, -0.15) is 0 Å². The molecule has 0 spiro atoms. The fourth-order valence-corrected chi connectivity index (χ4v) is 1.81. The maximum Gasteiger partial charge on any atom is 0.189 e. The van der Waals surface area contributed by atoms with Crippen molar-refractivity contribution in [3.8, 4) is 17.2 Å². The molecule has 0 aliphatic heterocycles. The minimum Gasteiger partial charge on any atom is -0.508 e. The Balaban J connectivity index is 2.24. The summed E-state index contributed by atoms with van der Waals surface area (Å²) in [4.78, 5) is 11.9. The van der Waals surface area contributed by atoms with Gasteiger partial charge in [-0.1, -0.05) is 11.6 Å². The fourth-order valence-electron chi connectivity index (χ4n) is 1.64. The van der Waals surface area contributed by atoms with Crippen LogP contribution in [0.1, 0.15) is 15.9 Å².